The van der Waals surface area contributed by atoms with Gasteiger partial charge in [0.25, 0.3) is 0 Å². The molecule has 0 atom stereocenters. The van der Waals surface area contributed by atoms with Crippen LogP contribution in [0, 0.1) is 6.92 Å². The van der Waals surface area contributed by atoms with Gasteiger partial charge in [-0.3, -0.25) is 0 Å². The zero-order valence-electron chi connectivity index (χ0n) is 15.8. The molecule has 0 fully saturated rings. The number of hydrogen-bond acceptors (Lipinski definition) is 5. The molecule has 26 heavy (non-hydrogen) atoms. The maximum Gasteiger partial charge on any atom is 0.407 e. The fraction of sp³-hybridized carbons (Fsp3) is 0.526. The lowest BCUT2D eigenvalue weighted by Crippen LogP contribution is -2.33. The van der Waals surface area contributed by atoms with Crippen LogP contribution in [-0.2, 0) is 4.74 Å². The van der Waals surface area contributed by atoms with Crippen LogP contribution in [0.5, 0.6) is 5.75 Å². The van der Waals surface area contributed by atoms with Gasteiger partial charge in [0.15, 0.2) is 0 Å². The number of amides is 1. The summed E-state index contributed by atoms with van der Waals surface area (Å²) in [5.41, 5.74) is 1.29. The van der Waals surface area contributed by atoms with Crippen LogP contribution in [-0.4, -0.2) is 34.8 Å². The van der Waals surface area contributed by atoms with Crippen LogP contribution in [0.1, 0.15) is 45.7 Å². The van der Waals surface area contributed by atoms with Gasteiger partial charge < -0.3 is 14.8 Å². The van der Waals surface area contributed by atoms with E-state index < -0.39 is 5.60 Å². The molecule has 0 radical (unpaired) electrons. The summed E-state index contributed by atoms with van der Waals surface area (Å²) in [6, 6.07) is 3.93. The van der Waals surface area contributed by atoms with Crippen molar-refractivity contribution in [1.82, 2.24) is 15.3 Å². The topological polar surface area (TPSA) is 73.3 Å². The largest absolute Gasteiger partial charge is 0.491 e. The third-order valence-electron chi connectivity index (χ3n) is 3.61. The fourth-order valence-electron chi connectivity index (χ4n) is 2.43. The van der Waals surface area contributed by atoms with Crippen molar-refractivity contribution < 1.29 is 14.3 Å². The van der Waals surface area contributed by atoms with Gasteiger partial charge in [0.1, 0.15) is 23.2 Å². The van der Waals surface area contributed by atoms with Gasteiger partial charge in [-0.2, -0.15) is 0 Å². The molecule has 2 aromatic rings. The van der Waals surface area contributed by atoms with Crippen LogP contribution in [0.4, 0.5) is 4.79 Å². The van der Waals surface area contributed by atoms with E-state index in [-0.39, 0.29) is 6.09 Å². The van der Waals surface area contributed by atoms with E-state index in [1.54, 1.807) is 6.33 Å². The second kappa shape index (κ2) is 9.16. The lowest BCUT2D eigenvalue weighted by molar-refractivity contribution is 0.0527. The number of fused-ring (bicyclic) bond motifs is 1. The maximum absolute atomic E-state index is 11.5. The van der Waals surface area contributed by atoms with E-state index in [0.717, 1.165) is 46.1 Å². The summed E-state index contributed by atoms with van der Waals surface area (Å²) in [5, 5.41) is 3.75. The average Bonchev–Trinajstić information content (AvgIpc) is 2.53. The van der Waals surface area contributed by atoms with Crippen LogP contribution < -0.4 is 10.1 Å². The van der Waals surface area contributed by atoms with E-state index in [1.165, 1.54) is 0 Å². The van der Waals surface area contributed by atoms with E-state index in [0.29, 0.717) is 13.2 Å². The fourth-order valence-corrected chi connectivity index (χ4v) is 2.86. The Morgan fingerprint density at radius 3 is 2.69 bits per heavy atom. The Kier molecular flexibility index (Phi) is 7.20. The number of nitrogens with one attached hydrogen (secondary N) is 1. The van der Waals surface area contributed by atoms with Crippen molar-refractivity contribution in [2.24, 2.45) is 0 Å². The number of unbranched alkanes of at least 4 members (excludes halogenated alkanes) is 2. The second-order valence-corrected chi connectivity index (χ2v) is 8.01. The SMILES string of the molecule is Cc1ncnc2c(OCCCCCNC(=O)OC(C)(C)C)cc(Br)cc12. The minimum atomic E-state index is -0.466. The molecule has 0 aliphatic heterocycles. The predicted octanol–water partition coefficient (Wildman–Crippen LogP) is 4.77. The Labute approximate surface area is 162 Å². The highest BCUT2D eigenvalue weighted by Gasteiger charge is 2.15. The number of carbonyl (C=O) groups excluding carboxylic acids is 1. The van der Waals surface area contributed by atoms with Crippen LogP contribution in [0.3, 0.4) is 0 Å². The van der Waals surface area contributed by atoms with Crippen molar-refractivity contribution in [3.8, 4) is 5.75 Å². The van der Waals surface area contributed by atoms with Gasteiger partial charge in [-0.15, -0.1) is 0 Å². The maximum atomic E-state index is 11.5. The van der Waals surface area contributed by atoms with Gasteiger partial charge in [-0.05, 0) is 59.1 Å². The normalized spacial score (nSPS) is 11.4. The number of aryl methyl sites for hydroxylation is 1. The van der Waals surface area contributed by atoms with Crippen molar-refractivity contribution in [3.05, 3.63) is 28.6 Å². The predicted molar refractivity (Wildman–Crippen MR) is 106 cm³/mol. The van der Waals surface area contributed by atoms with Gasteiger partial charge in [0, 0.05) is 22.1 Å². The zero-order valence-corrected chi connectivity index (χ0v) is 17.4. The number of carbonyl (C=O) groups is 1. The Morgan fingerprint density at radius 2 is 1.96 bits per heavy atom. The first-order valence-corrected chi connectivity index (χ1v) is 9.56. The van der Waals surface area contributed by atoms with Gasteiger partial charge in [-0.1, -0.05) is 15.9 Å². The molecular weight excluding hydrogens is 398 g/mol. The molecule has 1 amide bonds. The third kappa shape index (κ3) is 6.44. The van der Waals surface area contributed by atoms with Crippen LogP contribution in [0.2, 0.25) is 0 Å². The summed E-state index contributed by atoms with van der Waals surface area (Å²) in [4.78, 5) is 20.1. The number of ether oxygens (including phenoxy) is 2. The number of halogens is 1. The first kappa shape index (κ1) is 20.4. The minimum Gasteiger partial charge on any atom is -0.491 e. The number of nitrogens with zero attached hydrogens (tertiary/aromatic N) is 2. The van der Waals surface area contributed by atoms with Crippen molar-refractivity contribution in [2.75, 3.05) is 13.2 Å². The highest BCUT2D eigenvalue weighted by atomic mass is 79.9. The first-order chi connectivity index (χ1) is 12.3. The summed E-state index contributed by atoms with van der Waals surface area (Å²) in [7, 11) is 0. The smallest absolute Gasteiger partial charge is 0.407 e. The third-order valence-corrected chi connectivity index (χ3v) is 4.07. The molecule has 0 spiro atoms. The van der Waals surface area contributed by atoms with Gasteiger partial charge in [0.2, 0.25) is 0 Å². The van der Waals surface area contributed by atoms with Crippen LogP contribution in [0.15, 0.2) is 22.9 Å². The van der Waals surface area contributed by atoms with Gasteiger partial charge in [0.05, 0.1) is 6.61 Å². The number of hydrogen-bond donors (Lipinski definition) is 1. The van der Waals surface area contributed by atoms with Gasteiger partial charge in [-0.25, -0.2) is 14.8 Å². The number of rotatable bonds is 7. The molecule has 142 valence electrons. The molecule has 0 unspecified atom stereocenters. The van der Waals surface area contributed by atoms with Gasteiger partial charge >= 0.3 is 6.09 Å². The minimum absolute atomic E-state index is 0.371. The van der Waals surface area contributed by atoms with Crippen LogP contribution in [0.25, 0.3) is 10.9 Å². The molecule has 1 aromatic carbocycles. The van der Waals surface area contributed by atoms with Crippen molar-refractivity contribution in [3.63, 3.8) is 0 Å². The van der Waals surface area contributed by atoms with E-state index >= 15 is 0 Å². The zero-order chi connectivity index (χ0) is 19.2. The molecule has 0 aliphatic carbocycles. The molecule has 6 nitrogen and oxygen atoms in total. The van der Waals surface area contributed by atoms with E-state index in [9.17, 15) is 4.79 Å². The number of benzene rings is 1. The Morgan fingerprint density at radius 1 is 1.19 bits per heavy atom. The molecule has 1 aromatic heterocycles. The lowest BCUT2D eigenvalue weighted by atomic mass is 10.2. The average molecular weight is 424 g/mol. The summed E-state index contributed by atoms with van der Waals surface area (Å²) >= 11 is 3.51. The summed E-state index contributed by atoms with van der Waals surface area (Å²) in [6.07, 6.45) is 3.91. The van der Waals surface area contributed by atoms with Crippen molar-refractivity contribution in [2.45, 2.75) is 52.6 Å². The molecule has 0 saturated heterocycles. The molecule has 1 heterocycles. The summed E-state index contributed by atoms with van der Waals surface area (Å²) < 4.78 is 12.1. The second-order valence-electron chi connectivity index (χ2n) is 7.10. The highest BCUT2D eigenvalue weighted by molar-refractivity contribution is 9.10. The molecule has 2 rings (SSSR count). The quantitative estimate of drug-likeness (QED) is 0.648. The summed E-state index contributed by atoms with van der Waals surface area (Å²) in [5.74, 6) is 0.756. The van der Waals surface area contributed by atoms with E-state index in [2.05, 4.69) is 31.2 Å². The van der Waals surface area contributed by atoms with Crippen molar-refractivity contribution in [1.29, 1.82) is 0 Å². The number of aromatic nitrogens is 2. The molecule has 0 bridgehead atoms. The molecule has 7 heteroatoms. The highest BCUT2D eigenvalue weighted by Crippen LogP contribution is 2.29. The molecule has 0 saturated carbocycles. The molecule has 1 N–H and O–H groups in total. The Bertz CT molecular complexity index is 760. The Balaban J connectivity index is 1.73. The van der Waals surface area contributed by atoms with E-state index in [1.807, 2.05) is 39.8 Å². The van der Waals surface area contributed by atoms with Crippen LogP contribution >= 0.6 is 15.9 Å². The first-order valence-electron chi connectivity index (χ1n) is 8.77. The Hall–Kier alpha value is -1.89. The molecular formula is C19H26BrN3O3. The summed E-state index contributed by atoms with van der Waals surface area (Å²) in [6.45, 7) is 8.70. The van der Waals surface area contributed by atoms with Crippen molar-refractivity contribution >= 4 is 32.9 Å². The standard InChI is InChI=1S/C19H26BrN3O3/c1-13-15-10-14(20)11-16(17(15)23-12-22-13)25-9-7-5-6-8-21-18(24)26-19(2,3)4/h10-12H,5-9H2,1-4H3,(H,21,24). The molecule has 0 aliphatic rings. The number of alkyl carbamates (subject to hydrolysis) is 1. The lowest BCUT2D eigenvalue weighted by Gasteiger charge is -2.19. The van der Waals surface area contributed by atoms with E-state index in [4.69, 9.17) is 9.47 Å². The monoisotopic (exact) mass is 423 g/mol.